The molecule has 0 saturated heterocycles. The number of benzene rings is 1. The van der Waals surface area contributed by atoms with Crippen LogP contribution in [0.15, 0.2) is 30.9 Å². The standard InChI is InChI=1S/C11H14ClNO/c1-3-6-13-8-9-7-10(12)4-5-11(9)14-2/h3-5,7,13H,1,6,8H2,2H3. The monoisotopic (exact) mass is 211 g/mol. The highest BCUT2D eigenvalue weighted by Gasteiger charge is 2.02. The number of nitrogens with one attached hydrogen (secondary N) is 1. The number of hydrogen-bond donors (Lipinski definition) is 1. The highest BCUT2D eigenvalue weighted by atomic mass is 35.5. The molecule has 0 aromatic heterocycles. The molecule has 0 saturated carbocycles. The van der Waals surface area contributed by atoms with Crippen LogP contribution < -0.4 is 10.1 Å². The Morgan fingerprint density at radius 2 is 2.36 bits per heavy atom. The second-order valence-electron chi connectivity index (χ2n) is 2.88. The summed E-state index contributed by atoms with van der Waals surface area (Å²) in [5.74, 6) is 0.853. The van der Waals surface area contributed by atoms with Gasteiger partial charge in [-0.25, -0.2) is 0 Å². The van der Waals surface area contributed by atoms with Gasteiger partial charge in [-0.15, -0.1) is 6.58 Å². The van der Waals surface area contributed by atoms with Crippen LogP contribution in [0.3, 0.4) is 0 Å². The van der Waals surface area contributed by atoms with Crippen molar-refractivity contribution in [1.29, 1.82) is 0 Å². The van der Waals surface area contributed by atoms with Crippen molar-refractivity contribution in [2.75, 3.05) is 13.7 Å². The minimum atomic E-state index is 0.723. The lowest BCUT2D eigenvalue weighted by Gasteiger charge is -2.08. The first-order valence-corrected chi connectivity index (χ1v) is 4.79. The van der Waals surface area contributed by atoms with Crippen molar-refractivity contribution in [3.8, 4) is 5.75 Å². The fourth-order valence-corrected chi connectivity index (χ4v) is 1.39. The fourth-order valence-electron chi connectivity index (χ4n) is 1.19. The summed E-state index contributed by atoms with van der Waals surface area (Å²) in [5.41, 5.74) is 1.06. The van der Waals surface area contributed by atoms with E-state index in [1.807, 2.05) is 24.3 Å². The highest BCUT2D eigenvalue weighted by Crippen LogP contribution is 2.22. The Balaban J connectivity index is 2.71. The summed E-state index contributed by atoms with van der Waals surface area (Å²) in [6, 6.07) is 5.58. The zero-order valence-corrected chi connectivity index (χ0v) is 8.97. The van der Waals surface area contributed by atoms with Crippen molar-refractivity contribution in [1.82, 2.24) is 5.32 Å². The largest absolute Gasteiger partial charge is 0.496 e. The number of halogens is 1. The van der Waals surface area contributed by atoms with Crippen LogP contribution in [-0.2, 0) is 6.54 Å². The van der Waals surface area contributed by atoms with Crippen molar-refractivity contribution >= 4 is 11.6 Å². The summed E-state index contributed by atoms with van der Waals surface area (Å²) < 4.78 is 5.21. The normalized spacial score (nSPS) is 9.86. The molecular weight excluding hydrogens is 198 g/mol. The average molecular weight is 212 g/mol. The Morgan fingerprint density at radius 1 is 1.57 bits per heavy atom. The quantitative estimate of drug-likeness (QED) is 0.597. The molecule has 0 atom stereocenters. The van der Waals surface area contributed by atoms with Gasteiger partial charge in [-0.05, 0) is 18.2 Å². The van der Waals surface area contributed by atoms with Crippen LogP contribution >= 0.6 is 11.6 Å². The molecular formula is C11H14ClNO. The van der Waals surface area contributed by atoms with Gasteiger partial charge in [0.15, 0.2) is 0 Å². The Labute approximate surface area is 89.5 Å². The van der Waals surface area contributed by atoms with Crippen LogP contribution in [0.2, 0.25) is 5.02 Å². The molecule has 0 aliphatic carbocycles. The third-order valence-corrected chi connectivity index (χ3v) is 2.08. The molecule has 2 nitrogen and oxygen atoms in total. The van der Waals surface area contributed by atoms with Gasteiger partial charge in [0, 0.05) is 23.7 Å². The molecule has 0 amide bonds. The van der Waals surface area contributed by atoms with Gasteiger partial charge in [-0.2, -0.15) is 0 Å². The van der Waals surface area contributed by atoms with Crippen LogP contribution in [-0.4, -0.2) is 13.7 Å². The maximum absolute atomic E-state index is 5.88. The average Bonchev–Trinajstić information content (AvgIpc) is 2.19. The summed E-state index contributed by atoms with van der Waals surface area (Å²) in [6.45, 7) is 5.14. The smallest absolute Gasteiger partial charge is 0.123 e. The Kier molecular flexibility index (Phi) is 4.50. The van der Waals surface area contributed by atoms with Gasteiger partial charge < -0.3 is 10.1 Å². The molecule has 0 fully saturated rings. The maximum atomic E-state index is 5.88. The molecule has 0 aliphatic heterocycles. The van der Waals surface area contributed by atoms with Crippen molar-refractivity contribution < 1.29 is 4.74 Å². The summed E-state index contributed by atoms with van der Waals surface area (Å²) in [5, 5.41) is 3.92. The third kappa shape index (κ3) is 3.05. The summed E-state index contributed by atoms with van der Waals surface area (Å²) in [7, 11) is 1.65. The zero-order valence-electron chi connectivity index (χ0n) is 8.22. The summed E-state index contributed by atoms with van der Waals surface area (Å²) >= 11 is 5.88. The van der Waals surface area contributed by atoms with E-state index in [4.69, 9.17) is 16.3 Å². The fraction of sp³-hybridized carbons (Fsp3) is 0.273. The van der Waals surface area contributed by atoms with E-state index in [0.29, 0.717) is 0 Å². The SMILES string of the molecule is C=CCNCc1cc(Cl)ccc1OC. The number of ether oxygens (including phenoxy) is 1. The Morgan fingerprint density at radius 3 is 3.00 bits per heavy atom. The lowest BCUT2D eigenvalue weighted by molar-refractivity contribution is 0.408. The first-order valence-electron chi connectivity index (χ1n) is 4.42. The van der Waals surface area contributed by atoms with Crippen molar-refractivity contribution in [3.63, 3.8) is 0 Å². The van der Waals surface area contributed by atoms with Crippen LogP contribution in [0.1, 0.15) is 5.56 Å². The van der Waals surface area contributed by atoms with Crippen molar-refractivity contribution in [2.45, 2.75) is 6.54 Å². The minimum Gasteiger partial charge on any atom is -0.496 e. The summed E-state index contributed by atoms with van der Waals surface area (Å²) in [4.78, 5) is 0. The van der Waals surface area contributed by atoms with Crippen LogP contribution in [0, 0.1) is 0 Å². The molecule has 0 aliphatic rings. The minimum absolute atomic E-state index is 0.723. The molecule has 0 unspecified atom stereocenters. The van der Waals surface area contributed by atoms with Gasteiger partial charge in [0.1, 0.15) is 5.75 Å². The van der Waals surface area contributed by atoms with E-state index in [-0.39, 0.29) is 0 Å². The zero-order chi connectivity index (χ0) is 10.4. The molecule has 0 spiro atoms. The maximum Gasteiger partial charge on any atom is 0.123 e. The van der Waals surface area contributed by atoms with Crippen LogP contribution in [0.25, 0.3) is 0 Å². The molecule has 0 heterocycles. The number of rotatable bonds is 5. The number of methoxy groups -OCH3 is 1. The van der Waals surface area contributed by atoms with Crippen molar-refractivity contribution in [3.05, 3.63) is 41.4 Å². The molecule has 1 N–H and O–H groups in total. The predicted molar refractivity (Wildman–Crippen MR) is 59.9 cm³/mol. The number of hydrogen-bond acceptors (Lipinski definition) is 2. The highest BCUT2D eigenvalue weighted by molar-refractivity contribution is 6.30. The third-order valence-electron chi connectivity index (χ3n) is 1.85. The topological polar surface area (TPSA) is 21.3 Å². The lowest BCUT2D eigenvalue weighted by atomic mass is 10.2. The van der Waals surface area contributed by atoms with E-state index in [2.05, 4.69) is 11.9 Å². The first kappa shape index (κ1) is 11.1. The van der Waals surface area contributed by atoms with Gasteiger partial charge in [0.2, 0.25) is 0 Å². The van der Waals surface area contributed by atoms with E-state index in [1.54, 1.807) is 7.11 Å². The summed E-state index contributed by atoms with van der Waals surface area (Å²) in [6.07, 6.45) is 1.82. The molecule has 76 valence electrons. The van der Waals surface area contributed by atoms with Gasteiger partial charge in [-0.3, -0.25) is 0 Å². The van der Waals surface area contributed by atoms with Gasteiger partial charge >= 0.3 is 0 Å². The van der Waals surface area contributed by atoms with Crippen LogP contribution in [0.5, 0.6) is 5.75 Å². The van der Waals surface area contributed by atoms with Crippen molar-refractivity contribution in [2.24, 2.45) is 0 Å². The van der Waals surface area contributed by atoms with E-state index in [0.717, 1.165) is 29.4 Å². The Hall–Kier alpha value is -0.990. The molecule has 0 radical (unpaired) electrons. The molecule has 14 heavy (non-hydrogen) atoms. The van der Waals surface area contributed by atoms with Gasteiger partial charge in [0.25, 0.3) is 0 Å². The van der Waals surface area contributed by atoms with Crippen LogP contribution in [0.4, 0.5) is 0 Å². The lowest BCUT2D eigenvalue weighted by Crippen LogP contribution is -2.13. The first-order chi connectivity index (χ1) is 6.77. The van der Waals surface area contributed by atoms with E-state index in [9.17, 15) is 0 Å². The molecule has 3 heteroatoms. The second kappa shape index (κ2) is 5.68. The van der Waals surface area contributed by atoms with Gasteiger partial charge in [-0.1, -0.05) is 17.7 Å². The second-order valence-corrected chi connectivity index (χ2v) is 3.31. The predicted octanol–water partition coefficient (Wildman–Crippen LogP) is 2.62. The van der Waals surface area contributed by atoms with E-state index < -0.39 is 0 Å². The molecule has 0 bridgehead atoms. The van der Waals surface area contributed by atoms with E-state index >= 15 is 0 Å². The molecule has 1 aromatic rings. The molecule has 1 aromatic carbocycles. The van der Waals surface area contributed by atoms with Gasteiger partial charge in [0.05, 0.1) is 7.11 Å². The Bertz CT molecular complexity index is 312. The van der Waals surface area contributed by atoms with E-state index in [1.165, 1.54) is 0 Å². The molecule has 1 rings (SSSR count).